The van der Waals surface area contributed by atoms with Gasteiger partial charge in [-0.1, -0.05) is 6.42 Å². The Morgan fingerprint density at radius 1 is 1.11 bits per heavy atom. The topological polar surface area (TPSA) is 58.2 Å². The number of amides is 2. The number of carbonyl (C=O) groups excluding carboxylic acids is 2. The monoisotopic (exact) mass is 374 g/mol. The van der Waals surface area contributed by atoms with Gasteiger partial charge in [-0.3, -0.25) is 9.59 Å². The molecular formula is C14H19IN2O2. The van der Waals surface area contributed by atoms with Crippen molar-refractivity contribution in [3.63, 3.8) is 0 Å². The van der Waals surface area contributed by atoms with Crippen LogP contribution in [0.15, 0.2) is 24.3 Å². The second-order valence-electron chi connectivity index (χ2n) is 4.35. The van der Waals surface area contributed by atoms with Crippen molar-refractivity contribution in [3.05, 3.63) is 27.8 Å². The summed E-state index contributed by atoms with van der Waals surface area (Å²) in [6.07, 6.45) is 3.22. The first-order chi connectivity index (χ1) is 9.08. The van der Waals surface area contributed by atoms with Crippen molar-refractivity contribution in [1.82, 2.24) is 5.32 Å². The molecule has 0 bridgehead atoms. The minimum atomic E-state index is -0.00328. The Morgan fingerprint density at radius 3 is 2.42 bits per heavy atom. The van der Waals surface area contributed by atoms with Gasteiger partial charge in [0.05, 0.1) is 0 Å². The van der Waals surface area contributed by atoms with Crippen LogP contribution in [-0.2, 0) is 9.59 Å². The van der Waals surface area contributed by atoms with Gasteiger partial charge in [-0.25, -0.2) is 0 Å². The molecule has 0 fully saturated rings. The first-order valence-corrected chi connectivity index (χ1v) is 7.45. The van der Waals surface area contributed by atoms with Crippen LogP contribution in [0.2, 0.25) is 0 Å². The molecule has 1 aromatic rings. The van der Waals surface area contributed by atoms with E-state index < -0.39 is 0 Å². The predicted octanol–water partition coefficient (Wildman–Crippen LogP) is 2.93. The first kappa shape index (κ1) is 15.9. The Balaban J connectivity index is 2.11. The smallest absolute Gasteiger partial charge is 0.224 e. The van der Waals surface area contributed by atoms with E-state index in [0.717, 1.165) is 28.5 Å². The third-order valence-electron chi connectivity index (χ3n) is 2.58. The zero-order valence-corrected chi connectivity index (χ0v) is 13.2. The first-order valence-electron chi connectivity index (χ1n) is 6.38. The molecule has 0 aliphatic rings. The summed E-state index contributed by atoms with van der Waals surface area (Å²) in [5.41, 5.74) is 0.837. The van der Waals surface area contributed by atoms with Crippen LogP contribution in [0.25, 0.3) is 0 Å². The predicted molar refractivity (Wildman–Crippen MR) is 84.9 cm³/mol. The highest BCUT2D eigenvalue weighted by molar-refractivity contribution is 14.1. The SMILES string of the molecule is CC(=O)NCCCCCC(=O)Nc1ccc(I)cc1. The average molecular weight is 374 g/mol. The minimum absolute atomic E-state index is 0.00328. The number of hydrogen-bond donors (Lipinski definition) is 2. The fourth-order valence-electron chi connectivity index (χ4n) is 1.61. The van der Waals surface area contributed by atoms with E-state index in [4.69, 9.17) is 0 Å². The van der Waals surface area contributed by atoms with Gasteiger partial charge in [0.25, 0.3) is 0 Å². The molecule has 0 radical (unpaired) electrons. The highest BCUT2D eigenvalue weighted by Gasteiger charge is 2.02. The van der Waals surface area contributed by atoms with E-state index in [1.54, 1.807) is 0 Å². The van der Waals surface area contributed by atoms with Gasteiger partial charge in [0, 0.05) is 29.1 Å². The molecule has 0 atom stereocenters. The van der Waals surface area contributed by atoms with Crippen LogP contribution < -0.4 is 10.6 Å². The normalized spacial score (nSPS) is 10.0. The average Bonchev–Trinajstić information content (AvgIpc) is 2.36. The van der Waals surface area contributed by atoms with Crippen molar-refractivity contribution in [2.45, 2.75) is 32.6 Å². The van der Waals surface area contributed by atoms with Gasteiger partial charge in [0.2, 0.25) is 11.8 Å². The summed E-state index contributed by atoms with van der Waals surface area (Å²) in [6, 6.07) is 7.72. The molecule has 4 nitrogen and oxygen atoms in total. The molecule has 0 saturated heterocycles. The van der Waals surface area contributed by atoms with Crippen LogP contribution in [-0.4, -0.2) is 18.4 Å². The number of hydrogen-bond acceptors (Lipinski definition) is 2. The van der Waals surface area contributed by atoms with E-state index in [0.29, 0.717) is 13.0 Å². The molecule has 0 spiro atoms. The summed E-state index contributed by atoms with van der Waals surface area (Å²) in [5.74, 6) is 0.0391. The number of carbonyl (C=O) groups is 2. The van der Waals surface area contributed by atoms with Crippen molar-refractivity contribution in [1.29, 1.82) is 0 Å². The quantitative estimate of drug-likeness (QED) is 0.570. The molecule has 2 N–H and O–H groups in total. The zero-order chi connectivity index (χ0) is 14.1. The fraction of sp³-hybridized carbons (Fsp3) is 0.429. The van der Waals surface area contributed by atoms with E-state index in [1.165, 1.54) is 6.92 Å². The summed E-state index contributed by atoms with van der Waals surface area (Å²) in [7, 11) is 0. The van der Waals surface area contributed by atoms with Crippen LogP contribution in [0.1, 0.15) is 32.6 Å². The van der Waals surface area contributed by atoms with Crippen LogP contribution in [0.3, 0.4) is 0 Å². The lowest BCUT2D eigenvalue weighted by molar-refractivity contribution is -0.119. The van der Waals surface area contributed by atoms with Crippen molar-refractivity contribution in [2.24, 2.45) is 0 Å². The van der Waals surface area contributed by atoms with E-state index >= 15 is 0 Å². The Hall–Kier alpha value is -1.11. The molecule has 1 aromatic carbocycles. The summed E-state index contributed by atoms with van der Waals surface area (Å²) in [5, 5.41) is 5.60. The molecule has 0 aliphatic carbocycles. The minimum Gasteiger partial charge on any atom is -0.356 e. The number of anilines is 1. The van der Waals surface area contributed by atoms with Gasteiger partial charge in [0.15, 0.2) is 0 Å². The van der Waals surface area contributed by atoms with Crippen molar-refractivity contribution in [3.8, 4) is 0 Å². The van der Waals surface area contributed by atoms with E-state index in [9.17, 15) is 9.59 Å². The van der Waals surface area contributed by atoms with Crippen molar-refractivity contribution >= 4 is 40.1 Å². The largest absolute Gasteiger partial charge is 0.356 e. The highest BCUT2D eigenvalue weighted by Crippen LogP contribution is 2.12. The number of rotatable bonds is 7. The number of benzene rings is 1. The second kappa shape index (κ2) is 8.90. The van der Waals surface area contributed by atoms with Crippen LogP contribution >= 0.6 is 22.6 Å². The maximum atomic E-state index is 11.7. The molecular weight excluding hydrogens is 355 g/mol. The molecule has 2 amide bonds. The Morgan fingerprint density at radius 2 is 1.79 bits per heavy atom. The van der Waals surface area contributed by atoms with Crippen molar-refractivity contribution < 1.29 is 9.59 Å². The fourth-order valence-corrected chi connectivity index (χ4v) is 1.97. The third kappa shape index (κ3) is 7.81. The number of nitrogens with one attached hydrogen (secondary N) is 2. The van der Waals surface area contributed by atoms with E-state index in [-0.39, 0.29) is 11.8 Å². The molecule has 0 unspecified atom stereocenters. The van der Waals surface area contributed by atoms with Gasteiger partial charge in [0.1, 0.15) is 0 Å². The summed E-state index contributed by atoms with van der Waals surface area (Å²) in [6.45, 7) is 2.20. The van der Waals surface area contributed by atoms with Gasteiger partial charge < -0.3 is 10.6 Å². The lowest BCUT2D eigenvalue weighted by atomic mass is 10.2. The molecule has 0 saturated carbocycles. The maximum Gasteiger partial charge on any atom is 0.224 e. The molecule has 1 rings (SSSR count). The number of unbranched alkanes of at least 4 members (excludes halogenated alkanes) is 2. The maximum absolute atomic E-state index is 11.7. The van der Waals surface area contributed by atoms with Gasteiger partial charge in [-0.2, -0.15) is 0 Å². The lowest BCUT2D eigenvalue weighted by Crippen LogP contribution is -2.20. The van der Waals surface area contributed by atoms with E-state index in [2.05, 4.69) is 33.2 Å². The number of halogens is 1. The zero-order valence-electron chi connectivity index (χ0n) is 11.0. The lowest BCUT2D eigenvalue weighted by Gasteiger charge is -2.05. The third-order valence-corrected chi connectivity index (χ3v) is 3.30. The van der Waals surface area contributed by atoms with Crippen LogP contribution in [0.4, 0.5) is 5.69 Å². The van der Waals surface area contributed by atoms with Gasteiger partial charge >= 0.3 is 0 Å². The molecule has 19 heavy (non-hydrogen) atoms. The Labute approximate surface area is 127 Å². The van der Waals surface area contributed by atoms with Crippen LogP contribution in [0, 0.1) is 3.57 Å². The Kier molecular flexibility index (Phi) is 7.47. The second-order valence-corrected chi connectivity index (χ2v) is 5.59. The molecule has 104 valence electrons. The van der Waals surface area contributed by atoms with Gasteiger partial charge in [-0.05, 0) is 59.7 Å². The summed E-state index contributed by atoms with van der Waals surface area (Å²) < 4.78 is 1.15. The Bertz CT molecular complexity index is 418. The van der Waals surface area contributed by atoms with Crippen molar-refractivity contribution in [2.75, 3.05) is 11.9 Å². The van der Waals surface area contributed by atoms with E-state index in [1.807, 2.05) is 24.3 Å². The molecule has 5 heteroatoms. The summed E-state index contributed by atoms with van der Waals surface area (Å²) in [4.78, 5) is 22.3. The highest BCUT2D eigenvalue weighted by atomic mass is 127. The standard InChI is InChI=1S/C14H19IN2O2/c1-11(18)16-10-4-2-3-5-14(19)17-13-8-6-12(15)7-9-13/h6-9H,2-5,10H2,1H3,(H,16,18)(H,17,19). The summed E-state index contributed by atoms with van der Waals surface area (Å²) >= 11 is 2.23. The molecule has 0 aromatic heterocycles. The molecule has 0 aliphatic heterocycles. The van der Waals surface area contributed by atoms with Crippen LogP contribution in [0.5, 0.6) is 0 Å². The van der Waals surface area contributed by atoms with Gasteiger partial charge in [-0.15, -0.1) is 0 Å². The molecule has 0 heterocycles.